The summed E-state index contributed by atoms with van der Waals surface area (Å²) in [4.78, 5) is 12.6. The van der Waals surface area contributed by atoms with E-state index in [2.05, 4.69) is 11.4 Å². The molecule has 1 aliphatic carbocycles. The molecule has 0 spiro atoms. The van der Waals surface area contributed by atoms with Crippen molar-refractivity contribution < 1.29 is 22.7 Å². The molecule has 2 aromatic rings. The van der Waals surface area contributed by atoms with Crippen LogP contribution in [0.25, 0.3) is 6.08 Å². The number of hydrogen-bond acceptors (Lipinski definition) is 5. The number of amides is 1. The molecule has 4 rings (SSSR count). The standard InChI is InChI=1S/C24H28N2O5S/c1-30-22-11-9-18(17-23(22)32(28,29)26-13-15-31-16-14-26)10-12-24(27)25-21-8-4-6-19-5-2-3-7-20(19)21/h4,6,8-12,17H,2-3,5,7,13-16H2,1H3,(H,25,27). The third kappa shape index (κ3) is 4.87. The van der Waals surface area contributed by atoms with Gasteiger partial charge in [0.25, 0.3) is 0 Å². The average Bonchev–Trinajstić information content (AvgIpc) is 2.83. The Labute approximate surface area is 189 Å². The molecule has 8 heteroatoms. The fraction of sp³-hybridized carbons (Fsp3) is 0.375. The molecule has 2 aromatic carbocycles. The van der Waals surface area contributed by atoms with Gasteiger partial charge in [-0.15, -0.1) is 0 Å². The number of carbonyl (C=O) groups is 1. The van der Waals surface area contributed by atoms with Crippen molar-refractivity contribution in [1.82, 2.24) is 4.31 Å². The van der Waals surface area contributed by atoms with E-state index in [9.17, 15) is 13.2 Å². The first-order chi connectivity index (χ1) is 15.5. The molecule has 0 atom stereocenters. The van der Waals surface area contributed by atoms with Crippen LogP contribution in [0.1, 0.15) is 29.5 Å². The van der Waals surface area contributed by atoms with Crippen molar-refractivity contribution in [3.8, 4) is 5.75 Å². The van der Waals surface area contributed by atoms with Gasteiger partial charge in [0.15, 0.2) is 0 Å². The van der Waals surface area contributed by atoms with Gasteiger partial charge < -0.3 is 14.8 Å². The first-order valence-electron chi connectivity index (χ1n) is 10.8. The number of sulfonamides is 1. The summed E-state index contributed by atoms with van der Waals surface area (Å²) >= 11 is 0. The van der Waals surface area contributed by atoms with Crippen LogP contribution in [0, 0.1) is 0 Å². The third-order valence-electron chi connectivity index (χ3n) is 5.86. The summed E-state index contributed by atoms with van der Waals surface area (Å²) in [7, 11) is -2.29. The first kappa shape index (κ1) is 22.5. The van der Waals surface area contributed by atoms with E-state index in [1.165, 1.54) is 41.1 Å². The summed E-state index contributed by atoms with van der Waals surface area (Å²) in [5.41, 5.74) is 3.96. The number of carbonyl (C=O) groups excluding carboxylic acids is 1. The lowest BCUT2D eigenvalue weighted by Gasteiger charge is -2.26. The van der Waals surface area contributed by atoms with E-state index in [-0.39, 0.29) is 16.6 Å². The summed E-state index contributed by atoms with van der Waals surface area (Å²) < 4.78 is 38.2. The van der Waals surface area contributed by atoms with E-state index in [1.807, 2.05) is 12.1 Å². The maximum Gasteiger partial charge on any atom is 0.248 e. The summed E-state index contributed by atoms with van der Waals surface area (Å²) in [5, 5.41) is 2.97. The number of rotatable bonds is 6. The van der Waals surface area contributed by atoms with E-state index < -0.39 is 10.0 Å². The average molecular weight is 457 g/mol. The molecule has 1 heterocycles. The maximum atomic E-state index is 13.1. The van der Waals surface area contributed by atoms with Crippen molar-refractivity contribution >= 4 is 27.7 Å². The van der Waals surface area contributed by atoms with Crippen LogP contribution < -0.4 is 10.1 Å². The van der Waals surface area contributed by atoms with Gasteiger partial charge >= 0.3 is 0 Å². The van der Waals surface area contributed by atoms with Crippen molar-refractivity contribution in [3.05, 3.63) is 59.2 Å². The lowest BCUT2D eigenvalue weighted by Crippen LogP contribution is -2.40. The minimum Gasteiger partial charge on any atom is -0.495 e. The van der Waals surface area contributed by atoms with E-state index in [1.54, 1.807) is 18.2 Å². The molecule has 1 N–H and O–H groups in total. The fourth-order valence-corrected chi connectivity index (χ4v) is 5.77. The van der Waals surface area contributed by atoms with Gasteiger partial charge in [0.1, 0.15) is 10.6 Å². The zero-order chi connectivity index (χ0) is 22.6. The molecular formula is C24H28N2O5S. The second-order valence-electron chi connectivity index (χ2n) is 7.90. The van der Waals surface area contributed by atoms with E-state index in [0.29, 0.717) is 31.9 Å². The molecule has 32 heavy (non-hydrogen) atoms. The fourth-order valence-electron chi connectivity index (χ4n) is 4.17. The number of fused-ring (bicyclic) bond motifs is 1. The summed E-state index contributed by atoms with van der Waals surface area (Å²) in [6.45, 7) is 1.33. The molecule has 0 unspecified atom stereocenters. The number of benzene rings is 2. The lowest BCUT2D eigenvalue weighted by atomic mass is 9.90. The molecule has 2 aliphatic rings. The zero-order valence-electron chi connectivity index (χ0n) is 18.2. The Balaban J connectivity index is 1.53. The first-order valence-corrected chi connectivity index (χ1v) is 12.3. The number of nitrogens with zero attached hydrogens (tertiary/aromatic N) is 1. The third-order valence-corrected chi connectivity index (χ3v) is 7.78. The predicted octanol–water partition coefficient (Wildman–Crippen LogP) is 3.25. The smallest absolute Gasteiger partial charge is 0.248 e. The van der Waals surface area contributed by atoms with Crippen LogP contribution in [0.4, 0.5) is 5.69 Å². The Hall–Kier alpha value is -2.68. The number of aryl methyl sites for hydroxylation is 1. The highest BCUT2D eigenvalue weighted by Gasteiger charge is 2.29. The Morgan fingerprint density at radius 3 is 2.69 bits per heavy atom. The topological polar surface area (TPSA) is 84.9 Å². The second-order valence-corrected chi connectivity index (χ2v) is 9.81. The SMILES string of the molecule is COc1ccc(C=CC(=O)Nc2cccc3c2CCCC3)cc1S(=O)(=O)N1CCOCC1. The van der Waals surface area contributed by atoms with Gasteiger partial charge in [0.05, 0.1) is 20.3 Å². The van der Waals surface area contributed by atoms with Crippen LogP contribution >= 0.6 is 0 Å². The molecular weight excluding hydrogens is 428 g/mol. The Kier molecular flexibility index (Phi) is 6.93. The minimum atomic E-state index is -3.73. The van der Waals surface area contributed by atoms with Gasteiger partial charge in [-0.2, -0.15) is 4.31 Å². The summed E-state index contributed by atoms with van der Waals surface area (Å²) in [6, 6.07) is 10.9. The highest BCUT2D eigenvalue weighted by atomic mass is 32.2. The number of nitrogens with one attached hydrogen (secondary N) is 1. The second kappa shape index (κ2) is 9.85. The maximum absolute atomic E-state index is 13.1. The lowest BCUT2D eigenvalue weighted by molar-refractivity contribution is -0.111. The molecule has 1 amide bonds. The van der Waals surface area contributed by atoms with Crippen LogP contribution in [-0.2, 0) is 32.4 Å². The van der Waals surface area contributed by atoms with Crippen molar-refractivity contribution in [1.29, 1.82) is 0 Å². The van der Waals surface area contributed by atoms with E-state index in [4.69, 9.17) is 9.47 Å². The number of methoxy groups -OCH3 is 1. The number of hydrogen-bond donors (Lipinski definition) is 1. The van der Waals surface area contributed by atoms with Crippen LogP contribution in [0.2, 0.25) is 0 Å². The number of morpholine rings is 1. The Bertz CT molecular complexity index is 1120. The van der Waals surface area contributed by atoms with Gasteiger partial charge in [0, 0.05) is 24.9 Å². The van der Waals surface area contributed by atoms with Gasteiger partial charge in [-0.3, -0.25) is 4.79 Å². The molecule has 0 saturated carbocycles. The van der Waals surface area contributed by atoms with E-state index >= 15 is 0 Å². The van der Waals surface area contributed by atoms with Crippen LogP contribution in [0.3, 0.4) is 0 Å². The van der Waals surface area contributed by atoms with Crippen molar-refractivity contribution in [3.63, 3.8) is 0 Å². The van der Waals surface area contributed by atoms with E-state index in [0.717, 1.165) is 24.9 Å². The van der Waals surface area contributed by atoms with Gasteiger partial charge in [-0.05, 0) is 66.6 Å². The quantitative estimate of drug-likeness (QED) is 0.675. The highest BCUT2D eigenvalue weighted by Crippen LogP contribution is 2.30. The monoisotopic (exact) mass is 456 g/mol. The normalized spacial score (nSPS) is 17.2. The molecule has 0 bridgehead atoms. The highest BCUT2D eigenvalue weighted by molar-refractivity contribution is 7.89. The Morgan fingerprint density at radius 1 is 1.12 bits per heavy atom. The van der Waals surface area contributed by atoms with Gasteiger partial charge in [-0.25, -0.2) is 8.42 Å². The predicted molar refractivity (Wildman–Crippen MR) is 123 cm³/mol. The van der Waals surface area contributed by atoms with Crippen molar-refractivity contribution in [2.75, 3.05) is 38.7 Å². The Morgan fingerprint density at radius 2 is 1.91 bits per heavy atom. The molecule has 1 fully saturated rings. The minimum absolute atomic E-state index is 0.0848. The summed E-state index contributed by atoms with van der Waals surface area (Å²) in [5.74, 6) is 0.0198. The number of ether oxygens (including phenoxy) is 2. The number of anilines is 1. The van der Waals surface area contributed by atoms with Crippen molar-refractivity contribution in [2.45, 2.75) is 30.6 Å². The van der Waals surface area contributed by atoms with Crippen LogP contribution in [0.15, 0.2) is 47.4 Å². The zero-order valence-corrected chi connectivity index (χ0v) is 19.0. The van der Waals surface area contributed by atoms with Crippen LogP contribution in [0.5, 0.6) is 5.75 Å². The molecule has 0 aromatic heterocycles. The molecule has 170 valence electrons. The van der Waals surface area contributed by atoms with Gasteiger partial charge in [0.2, 0.25) is 15.9 Å². The molecule has 1 aliphatic heterocycles. The molecule has 1 saturated heterocycles. The molecule has 0 radical (unpaired) electrons. The largest absolute Gasteiger partial charge is 0.495 e. The summed E-state index contributed by atoms with van der Waals surface area (Å²) in [6.07, 6.45) is 7.36. The van der Waals surface area contributed by atoms with Crippen LogP contribution in [-0.4, -0.2) is 52.0 Å². The van der Waals surface area contributed by atoms with Crippen molar-refractivity contribution in [2.24, 2.45) is 0 Å². The van der Waals surface area contributed by atoms with Gasteiger partial charge in [-0.1, -0.05) is 18.2 Å². The molecule has 7 nitrogen and oxygen atoms in total.